The molecule has 0 saturated carbocycles. The van der Waals surface area contributed by atoms with Gasteiger partial charge in [0.25, 0.3) is 0 Å². The van der Waals surface area contributed by atoms with Gasteiger partial charge >= 0.3 is 5.97 Å². The molecule has 0 aliphatic heterocycles. The summed E-state index contributed by atoms with van der Waals surface area (Å²) in [5.41, 5.74) is 0.551. The van der Waals surface area contributed by atoms with Crippen LogP contribution in [0.4, 0.5) is 0 Å². The largest absolute Gasteiger partial charge is 0.462 e. The molecular weight excluding hydrogens is 192 g/mol. The van der Waals surface area contributed by atoms with Crippen LogP contribution in [-0.2, 0) is 4.74 Å². The molecule has 1 aromatic rings. The van der Waals surface area contributed by atoms with Crippen molar-refractivity contribution in [1.82, 2.24) is 9.88 Å². The van der Waals surface area contributed by atoms with E-state index in [2.05, 4.69) is 9.88 Å². The first-order valence-electron chi connectivity index (χ1n) is 4.92. The molecule has 4 heteroatoms. The topological polar surface area (TPSA) is 42.4 Å². The first-order chi connectivity index (χ1) is 7.20. The molecule has 0 spiro atoms. The normalized spacial score (nSPS) is 10.3. The van der Waals surface area contributed by atoms with Crippen LogP contribution in [0, 0.1) is 0 Å². The Kier molecular flexibility index (Phi) is 4.77. The fraction of sp³-hybridized carbons (Fsp3) is 0.455. The Labute approximate surface area is 89.9 Å². The minimum Gasteiger partial charge on any atom is -0.462 e. The maximum atomic E-state index is 11.4. The average molecular weight is 208 g/mol. The monoisotopic (exact) mass is 208 g/mol. The van der Waals surface area contributed by atoms with Crippen LogP contribution in [0.5, 0.6) is 0 Å². The molecule has 0 atom stereocenters. The van der Waals surface area contributed by atoms with Crippen molar-refractivity contribution in [2.45, 2.75) is 6.42 Å². The molecular formula is C11H16N2O2. The van der Waals surface area contributed by atoms with Gasteiger partial charge in [-0.1, -0.05) is 0 Å². The number of carbonyl (C=O) groups is 1. The van der Waals surface area contributed by atoms with Crippen LogP contribution in [0.3, 0.4) is 0 Å². The predicted molar refractivity (Wildman–Crippen MR) is 57.7 cm³/mol. The molecule has 0 unspecified atom stereocenters. The molecule has 1 rings (SSSR count). The molecule has 1 aromatic heterocycles. The summed E-state index contributed by atoms with van der Waals surface area (Å²) in [6, 6.07) is 3.29. The van der Waals surface area contributed by atoms with Crippen LogP contribution >= 0.6 is 0 Å². The minimum atomic E-state index is -0.281. The maximum Gasteiger partial charge on any atom is 0.338 e. The van der Waals surface area contributed by atoms with E-state index in [0.29, 0.717) is 12.2 Å². The Morgan fingerprint density at radius 1 is 1.40 bits per heavy atom. The van der Waals surface area contributed by atoms with Crippen molar-refractivity contribution in [2.24, 2.45) is 0 Å². The molecule has 0 amide bonds. The lowest BCUT2D eigenvalue weighted by molar-refractivity contribution is 0.0493. The summed E-state index contributed by atoms with van der Waals surface area (Å²) in [6.07, 6.45) is 4.01. The van der Waals surface area contributed by atoms with E-state index < -0.39 is 0 Å². The number of carbonyl (C=O) groups excluding carboxylic acids is 1. The van der Waals surface area contributed by atoms with Crippen molar-refractivity contribution in [1.29, 1.82) is 0 Å². The van der Waals surface area contributed by atoms with Gasteiger partial charge in [0, 0.05) is 18.9 Å². The van der Waals surface area contributed by atoms with Gasteiger partial charge in [-0.15, -0.1) is 0 Å². The number of nitrogens with zero attached hydrogens (tertiary/aromatic N) is 2. The Morgan fingerprint density at radius 2 is 2.07 bits per heavy atom. The summed E-state index contributed by atoms with van der Waals surface area (Å²) >= 11 is 0. The molecule has 1 heterocycles. The first-order valence-corrected chi connectivity index (χ1v) is 4.92. The van der Waals surface area contributed by atoms with Crippen LogP contribution < -0.4 is 0 Å². The van der Waals surface area contributed by atoms with Crippen molar-refractivity contribution in [3.05, 3.63) is 30.1 Å². The van der Waals surface area contributed by atoms with Gasteiger partial charge in [-0.2, -0.15) is 0 Å². The summed E-state index contributed by atoms with van der Waals surface area (Å²) in [5, 5.41) is 0. The van der Waals surface area contributed by atoms with Crippen LogP contribution in [0.15, 0.2) is 24.5 Å². The zero-order valence-corrected chi connectivity index (χ0v) is 9.14. The van der Waals surface area contributed by atoms with Crippen LogP contribution in [0.1, 0.15) is 16.8 Å². The van der Waals surface area contributed by atoms with Gasteiger partial charge in [-0.3, -0.25) is 4.98 Å². The number of hydrogen-bond donors (Lipinski definition) is 0. The lowest BCUT2D eigenvalue weighted by Crippen LogP contribution is -2.16. The predicted octanol–water partition coefficient (Wildman–Crippen LogP) is 1.19. The molecule has 0 saturated heterocycles. The Morgan fingerprint density at radius 3 is 2.67 bits per heavy atom. The number of pyridine rings is 1. The molecule has 82 valence electrons. The van der Waals surface area contributed by atoms with Crippen molar-refractivity contribution < 1.29 is 9.53 Å². The second-order valence-corrected chi connectivity index (χ2v) is 3.53. The average Bonchev–Trinajstić information content (AvgIpc) is 2.25. The zero-order valence-electron chi connectivity index (χ0n) is 9.14. The highest BCUT2D eigenvalue weighted by Crippen LogP contribution is 1.99. The highest BCUT2D eigenvalue weighted by Gasteiger charge is 2.05. The summed E-state index contributed by atoms with van der Waals surface area (Å²) < 4.78 is 5.09. The third-order valence-electron chi connectivity index (χ3n) is 1.90. The highest BCUT2D eigenvalue weighted by atomic mass is 16.5. The SMILES string of the molecule is CN(C)CCCOC(=O)c1ccncc1. The minimum absolute atomic E-state index is 0.281. The van der Waals surface area contributed by atoms with Gasteiger partial charge < -0.3 is 9.64 Å². The number of hydrogen-bond acceptors (Lipinski definition) is 4. The van der Waals surface area contributed by atoms with E-state index in [-0.39, 0.29) is 5.97 Å². The molecule has 0 bridgehead atoms. The van der Waals surface area contributed by atoms with Crippen LogP contribution in [0.2, 0.25) is 0 Å². The summed E-state index contributed by atoms with van der Waals surface area (Å²) in [5.74, 6) is -0.281. The van der Waals surface area contributed by atoms with Gasteiger partial charge in [0.2, 0.25) is 0 Å². The van der Waals surface area contributed by atoms with Crippen molar-refractivity contribution >= 4 is 5.97 Å². The van der Waals surface area contributed by atoms with Crippen LogP contribution in [0.25, 0.3) is 0 Å². The molecule has 0 aromatic carbocycles. The molecule has 0 fully saturated rings. The van der Waals surface area contributed by atoms with Crippen molar-refractivity contribution in [3.8, 4) is 0 Å². The van der Waals surface area contributed by atoms with E-state index in [0.717, 1.165) is 13.0 Å². The van der Waals surface area contributed by atoms with Crippen LogP contribution in [-0.4, -0.2) is 43.1 Å². The third kappa shape index (κ3) is 4.56. The molecule has 4 nitrogen and oxygen atoms in total. The number of esters is 1. The van der Waals surface area contributed by atoms with Crippen molar-refractivity contribution in [3.63, 3.8) is 0 Å². The van der Waals surface area contributed by atoms with E-state index >= 15 is 0 Å². The smallest absolute Gasteiger partial charge is 0.338 e. The van der Waals surface area contributed by atoms with Gasteiger partial charge in [-0.25, -0.2) is 4.79 Å². The molecule has 0 N–H and O–H groups in total. The van der Waals surface area contributed by atoms with E-state index in [9.17, 15) is 4.79 Å². The van der Waals surface area contributed by atoms with E-state index in [4.69, 9.17) is 4.74 Å². The van der Waals surface area contributed by atoms with Crippen molar-refractivity contribution in [2.75, 3.05) is 27.2 Å². The second-order valence-electron chi connectivity index (χ2n) is 3.53. The fourth-order valence-electron chi connectivity index (χ4n) is 1.12. The summed E-state index contributed by atoms with van der Waals surface area (Å²) in [7, 11) is 3.98. The second kappa shape index (κ2) is 6.14. The number of rotatable bonds is 5. The Bertz CT molecular complexity index is 299. The van der Waals surface area contributed by atoms with Gasteiger partial charge in [0.1, 0.15) is 0 Å². The summed E-state index contributed by atoms with van der Waals surface area (Å²) in [4.78, 5) is 17.3. The van der Waals surface area contributed by atoms with Gasteiger partial charge in [-0.05, 0) is 32.6 Å². The Balaban J connectivity index is 2.25. The fourth-order valence-corrected chi connectivity index (χ4v) is 1.12. The van der Waals surface area contributed by atoms with Gasteiger partial charge in [0.05, 0.1) is 12.2 Å². The maximum absolute atomic E-state index is 11.4. The van der Waals surface area contributed by atoms with E-state index in [1.807, 2.05) is 14.1 Å². The summed E-state index contributed by atoms with van der Waals surface area (Å²) in [6.45, 7) is 1.38. The van der Waals surface area contributed by atoms with Gasteiger partial charge in [0.15, 0.2) is 0 Å². The lowest BCUT2D eigenvalue weighted by Gasteiger charge is -2.09. The molecule has 0 aliphatic carbocycles. The highest BCUT2D eigenvalue weighted by molar-refractivity contribution is 5.89. The van der Waals surface area contributed by atoms with E-state index in [1.54, 1.807) is 24.5 Å². The van der Waals surface area contributed by atoms with E-state index in [1.165, 1.54) is 0 Å². The Hall–Kier alpha value is -1.42. The third-order valence-corrected chi connectivity index (χ3v) is 1.90. The lowest BCUT2D eigenvalue weighted by atomic mass is 10.3. The number of ether oxygens (including phenoxy) is 1. The molecule has 0 aliphatic rings. The standard InChI is InChI=1S/C11H16N2O2/c1-13(2)8-3-9-15-11(14)10-4-6-12-7-5-10/h4-7H,3,8-9H2,1-2H3. The molecule has 15 heavy (non-hydrogen) atoms. The number of aromatic nitrogens is 1. The zero-order chi connectivity index (χ0) is 11.1. The first kappa shape index (κ1) is 11.7. The molecule has 0 radical (unpaired) electrons. The quantitative estimate of drug-likeness (QED) is 0.538.